The molecule has 0 saturated carbocycles. The van der Waals surface area contributed by atoms with E-state index < -0.39 is 16.0 Å². The second-order valence-corrected chi connectivity index (χ2v) is 6.48. The Hall–Kier alpha value is -1.76. The van der Waals surface area contributed by atoms with E-state index >= 15 is 0 Å². The van der Waals surface area contributed by atoms with Gasteiger partial charge in [0.15, 0.2) is 0 Å². The van der Waals surface area contributed by atoms with Gasteiger partial charge in [0.1, 0.15) is 5.75 Å². The van der Waals surface area contributed by atoms with Crippen molar-refractivity contribution in [3.8, 4) is 5.75 Å². The number of ether oxygens (including phenoxy) is 1. The molecule has 20 heavy (non-hydrogen) atoms. The van der Waals surface area contributed by atoms with Gasteiger partial charge >= 0.3 is 5.97 Å². The molecule has 0 saturated heterocycles. The van der Waals surface area contributed by atoms with Gasteiger partial charge in [0.25, 0.3) is 0 Å². The van der Waals surface area contributed by atoms with Crippen LogP contribution in [0.25, 0.3) is 0 Å². The molecule has 112 valence electrons. The van der Waals surface area contributed by atoms with Gasteiger partial charge in [-0.3, -0.25) is 9.52 Å². The molecule has 1 rings (SSSR count). The second kappa shape index (κ2) is 6.60. The van der Waals surface area contributed by atoms with Crippen molar-refractivity contribution < 1.29 is 23.1 Å². The Morgan fingerprint density at radius 2 is 2.05 bits per heavy atom. The highest BCUT2D eigenvalue weighted by molar-refractivity contribution is 7.92. The standard InChI is InChI=1S/C13H19NO5S/c1-9(2)19-13-10(7-8-12(15)16)5-4-6-11(13)14-20(3,17)18/h4-6,9,14H,7-8H2,1-3H3,(H,15,16). The summed E-state index contributed by atoms with van der Waals surface area (Å²) in [6, 6.07) is 4.98. The number of aliphatic carboxylic acids is 1. The zero-order valence-electron chi connectivity index (χ0n) is 11.7. The fraction of sp³-hybridized carbons (Fsp3) is 0.462. The molecule has 0 heterocycles. The number of nitrogens with one attached hydrogen (secondary N) is 1. The van der Waals surface area contributed by atoms with E-state index in [-0.39, 0.29) is 18.9 Å². The van der Waals surface area contributed by atoms with Crippen LogP contribution in [0, 0.1) is 0 Å². The zero-order valence-corrected chi connectivity index (χ0v) is 12.5. The Morgan fingerprint density at radius 1 is 1.40 bits per heavy atom. The minimum absolute atomic E-state index is 0.0449. The van der Waals surface area contributed by atoms with Crippen molar-refractivity contribution in [2.45, 2.75) is 32.8 Å². The molecule has 0 radical (unpaired) electrons. The Kier molecular flexibility index (Phi) is 5.38. The van der Waals surface area contributed by atoms with E-state index in [0.717, 1.165) is 6.26 Å². The van der Waals surface area contributed by atoms with Crippen LogP contribution in [0.1, 0.15) is 25.8 Å². The summed E-state index contributed by atoms with van der Waals surface area (Å²) in [7, 11) is -3.43. The monoisotopic (exact) mass is 301 g/mol. The second-order valence-electron chi connectivity index (χ2n) is 4.73. The minimum atomic E-state index is -3.43. The molecular formula is C13H19NO5S. The largest absolute Gasteiger partial charge is 0.489 e. The molecule has 0 amide bonds. The van der Waals surface area contributed by atoms with Crippen LogP contribution in [0.2, 0.25) is 0 Å². The van der Waals surface area contributed by atoms with Crippen LogP contribution in [-0.4, -0.2) is 31.9 Å². The molecule has 0 unspecified atom stereocenters. The SMILES string of the molecule is CC(C)Oc1c(CCC(=O)O)cccc1NS(C)(=O)=O. The number of rotatable bonds is 7. The molecule has 2 N–H and O–H groups in total. The van der Waals surface area contributed by atoms with Crippen LogP contribution in [-0.2, 0) is 21.2 Å². The van der Waals surface area contributed by atoms with Crippen LogP contribution in [0.3, 0.4) is 0 Å². The molecule has 1 aromatic rings. The molecular weight excluding hydrogens is 282 g/mol. The highest BCUT2D eigenvalue weighted by atomic mass is 32.2. The summed E-state index contributed by atoms with van der Waals surface area (Å²) in [5.41, 5.74) is 0.985. The summed E-state index contributed by atoms with van der Waals surface area (Å²) >= 11 is 0. The van der Waals surface area contributed by atoms with E-state index in [4.69, 9.17) is 9.84 Å². The first-order chi connectivity index (χ1) is 9.19. The Morgan fingerprint density at radius 3 is 2.55 bits per heavy atom. The van der Waals surface area contributed by atoms with E-state index in [2.05, 4.69) is 4.72 Å². The van der Waals surface area contributed by atoms with Gasteiger partial charge in [-0.1, -0.05) is 12.1 Å². The van der Waals surface area contributed by atoms with E-state index in [1.54, 1.807) is 18.2 Å². The molecule has 0 bridgehead atoms. The van der Waals surface area contributed by atoms with Crippen LogP contribution in [0.4, 0.5) is 5.69 Å². The van der Waals surface area contributed by atoms with Crippen molar-refractivity contribution in [2.24, 2.45) is 0 Å². The lowest BCUT2D eigenvalue weighted by molar-refractivity contribution is -0.136. The number of carboxylic acid groups (broad SMARTS) is 1. The number of hydrogen-bond donors (Lipinski definition) is 2. The van der Waals surface area contributed by atoms with Gasteiger partial charge in [-0.25, -0.2) is 8.42 Å². The average molecular weight is 301 g/mol. The summed E-state index contributed by atoms with van der Waals surface area (Å²) in [5.74, 6) is -0.531. The summed E-state index contributed by atoms with van der Waals surface area (Å²) < 4.78 is 30.7. The number of carboxylic acids is 1. The smallest absolute Gasteiger partial charge is 0.303 e. The third-order valence-electron chi connectivity index (χ3n) is 2.35. The number of benzene rings is 1. The van der Waals surface area contributed by atoms with E-state index in [9.17, 15) is 13.2 Å². The number of anilines is 1. The molecule has 0 aliphatic carbocycles. The van der Waals surface area contributed by atoms with Gasteiger partial charge in [-0.15, -0.1) is 0 Å². The van der Waals surface area contributed by atoms with Crippen molar-refractivity contribution in [3.63, 3.8) is 0 Å². The number of aryl methyl sites for hydroxylation is 1. The van der Waals surface area contributed by atoms with Gasteiger partial charge in [0, 0.05) is 6.42 Å². The number of para-hydroxylation sites is 1. The van der Waals surface area contributed by atoms with Crippen LogP contribution in [0.5, 0.6) is 5.75 Å². The molecule has 0 fully saturated rings. The van der Waals surface area contributed by atoms with Gasteiger partial charge in [0.2, 0.25) is 10.0 Å². The Bertz CT molecular complexity index is 580. The van der Waals surface area contributed by atoms with E-state index in [0.29, 0.717) is 17.0 Å². The summed E-state index contributed by atoms with van der Waals surface area (Å²) in [5, 5.41) is 8.75. The molecule has 7 heteroatoms. The zero-order chi connectivity index (χ0) is 15.3. The molecule has 0 spiro atoms. The maximum atomic E-state index is 11.4. The molecule has 0 aromatic heterocycles. The fourth-order valence-electron chi connectivity index (χ4n) is 1.68. The van der Waals surface area contributed by atoms with Gasteiger partial charge in [-0.2, -0.15) is 0 Å². The number of sulfonamides is 1. The normalized spacial score (nSPS) is 11.4. The van der Waals surface area contributed by atoms with Crippen molar-refractivity contribution in [1.82, 2.24) is 0 Å². The van der Waals surface area contributed by atoms with Crippen LogP contribution in [0.15, 0.2) is 18.2 Å². The predicted molar refractivity (Wildman–Crippen MR) is 76.6 cm³/mol. The molecule has 0 aliphatic rings. The molecule has 0 atom stereocenters. The lowest BCUT2D eigenvalue weighted by atomic mass is 10.1. The minimum Gasteiger partial charge on any atom is -0.489 e. The van der Waals surface area contributed by atoms with Crippen molar-refractivity contribution in [2.75, 3.05) is 11.0 Å². The lowest BCUT2D eigenvalue weighted by Crippen LogP contribution is -2.14. The maximum absolute atomic E-state index is 11.4. The third-order valence-corrected chi connectivity index (χ3v) is 2.94. The summed E-state index contributed by atoms with van der Waals surface area (Å²) in [6.07, 6.45) is 1.13. The maximum Gasteiger partial charge on any atom is 0.303 e. The molecule has 0 aliphatic heterocycles. The average Bonchev–Trinajstić information content (AvgIpc) is 2.27. The Labute approximate surface area is 118 Å². The fourth-order valence-corrected chi connectivity index (χ4v) is 2.24. The van der Waals surface area contributed by atoms with Gasteiger partial charge in [0.05, 0.1) is 18.0 Å². The van der Waals surface area contributed by atoms with Gasteiger partial charge < -0.3 is 9.84 Å². The Balaban J connectivity index is 3.15. The van der Waals surface area contributed by atoms with Crippen molar-refractivity contribution in [3.05, 3.63) is 23.8 Å². The van der Waals surface area contributed by atoms with E-state index in [1.807, 2.05) is 13.8 Å². The topological polar surface area (TPSA) is 92.7 Å². The summed E-state index contributed by atoms with van der Waals surface area (Å²) in [4.78, 5) is 10.7. The molecule has 1 aromatic carbocycles. The van der Waals surface area contributed by atoms with Gasteiger partial charge in [-0.05, 0) is 31.9 Å². The highest BCUT2D eigenvalue weighted by Crippen LogP contribution is 2.31. The third kappa shape index (κ3) is 5.48. The van der Waals surface area contributed by atoms with Crippen molar-refractivity contribution >= 4 is 21.7 Å². The first-order valence-corrected chi connectivity index (χ1v) is 8.06. The van der Waals surface area contributed by atoms with E-state index in [1.165, 1.54) is 0 Å². The van der Waals surface area contributed by atoms with Crippen LogP contribution >= 0.6 is 0 Å². The number of hydrogen-bond acceptors (Lipinski definition) is 4. The first kappa shape index (κ1) is 16.3. The quantitative estimate of drug-likeness (QED) is 0.802. The highest BCUT2D eigenvalue weighted by Gasteiger charge is 2.15. The predicted octanol–water partition coefficient (Wildman–Crippen LogP) is 1.86. The number of carbonyl (C=O) groups is 1. The first-order valence-electron chi connectivity index (χ1n) is 6.17. The lowest BCUT2D eigenvalue weighted by Gasteiger charge is -2.18. The van der Waals surface area contributed by atoms with Crippen molar-refractivity contribution in [1.29, 1.82) is 0 Å². The summed E-state index contributed by atoms with van der Waals surface area (Å²) in [6.45, 7) is 3.64. The molecule has 6 nitrogen and oxygen atoms in total. The van der Waals surface area contributed by atoms with Crippen LogP contribution < -0.4 is 9.46 Å².